The van der Waals surface area contributed by atoms with Crippen LogP contribution in [0.5, 0.6) is 5.75 Å². The number of hydrogen-bond acceptors (Lipinski definition) is 7. The standard InChI is InChI=1S/C17H17IN6O4/c1-27-13-5-3-2-4-12(13)15(25)19-6-7-20-16(26)17-22-14(23-28-17)10-24-9-11(18)8-21-24/h2-5,8-9H,6-7,10H2,1H3,(H,19,25)(H,20,26). The van der Waals surface area contributed by atoms with Gasteiger partial charge in [-0.15, -0.1) is 0 Å². The van der Waals surface area contributed by atoms with E-state index >= 15 is 0 Å². The number of ether oxygens (including phenoxy) is 1. The van der Waals surface area contributed by atoms with Crippen LogP contribution in [0.4, 0.5) is 0 Å². The van der Waals surface area contributed by atoms with E-state index in [4.69, 9.17) is 9.26 Å². The molecule has 0 aliphatic carbocycles. The molecule has 2 N–H and O–H groups in total. The number of halogens is 1. The van der Waals surface area contributed by atoms with Gasteiger partial charge < -0.3 is 19.9 Å². The quantitative estimate of drug-likeness (QED) is 0.354. The first-order valence-electron chi connectivity index (χ1n) is 8.27. The lowest BCUT2D eigenvalue weighted by Crippen LogP contribution is -2.35. The van der Waals surface area contributed by atoms with E-state index in [1.54, 1.807) is 35.1 Å². The zero-order valence-electron chi connectivity index (χ0n) is 14.9. The fourth-order valence-electron chi connectivity index (χ4n) is 2.34. The SMILES string of the molecule is COc1ccccc1C(=O)NCCNC(=O)c1nc(Cn2cc(I)cn2)no1. The Hall–Kier alpha value is -2.96. The van der Waals surface area contributed by atoms with Crippen LogP contribution in [0.25, 0.3) is 0 Å². The van der Waals surface area contributed by atoms with Gasteiger partial charge in [0.05, 0.1) is 22.4 Å². The van der Waals surface area contributed by atoms with Crippen molar-refractivity contribution in [2.75, 3.05) is 20.2 Å². The van der Waals surface area contributed by atoms with Crippen molar-refractivity contribution in [3.8, 4) is 5.75 Å². The highest BCUT2D eigenvalue weighted by molar-refractivity contribution is 14.1. The van der Waals surface area contributed by atoms with E-state index in [2.05, 4.69) is 48.5 Å². The first-order chi connectivity index (χ1) is 13.6. The molecule has 3 aromatic rings. The molecular weight excluding hydrogens is 479 g/mol. The smallest absolute Gasteiger partial charge is 0.316 e. The fraction of sp³-hybridized carbons (Fsp3) is 0.235. The number of amides is 2. The molecule has 0 aliphatic heterocycles. The second-order valence-electron chi connectivity index (χ2n) is 5.58. The Labute approximate surface area is 173 Å². The van der Waals surface area contributed by atoms with Crippen LogP contribution < -0.4 is 15.4 Å². The van der Waals surface area contributed by atoms with Crippen molar-refractivity contribution in [3.05, 3.63) is 57.5 Å². The average molecular weight is 496 g/mol. The summed E-state index contributed by atoms with van der Waals surface area (Å²) >= 11 is 2.14. The van der Waals surface area contributed by atoms with Gasteiger partial charge in [0.2, 0.25) is 0 Å². The Bertz CT molecular complexity index is 970. The van der Waals surface area contributed by atoms with Crippen molar-refractivity contribution in [1.29, 1.82) is 0 Å². The second kappa shape index (κ2) is 9.30. The van der Waals surface area contributed by atoms with Gasteiger partial charge in [-0.05, 0) is 34.7 Å². The maximum atomic E-state index is 12.2. The van der Waals surface area contributed by atoms with Gasteiger partial charge in [-0.25, -0.2) is 0 Å². The number of rotatable bonds is 8. The molecule has 146 valence electrons. The zero-order chi connectivity index (χ0) is 19.9. The largest absolute Gasteiger partial charge is 0.496 e. The van der Waals surface area contributed by atoms with Gasteiger partial charge >= 0.3 is 11.8 Å². The molecule has 0 aliphatic rings. The second-order valence-corrected chi connectivity index (χ2v) is 6.83. The lowest BCUT2D eigenvalue weighted by Gasteiger charge is -2.09. The van der Waals surface area contributed by atoms with Crippen LogP contribution in [0.15, 0.2) is 41.2 Å². The lowest BCUT2D eigenvalue weighted by atomic mass is 10.2. The van der Waals surface area contributed by atoms with Gasteiger partial charge in [0.15, 0.2) is 5.82 Å². The Kier molecular flexibility index (Phi) is 6.57. The number of methoxy groups -OCH3 is 1. The summed E-state index contributed by atoms with van der Waals surface area (Å²) < 4.78 is 12.7. The van der Waals surface area contributed by atoms with E-state index in [0.717, 1.165) is 3.57 Å². The summed E-state index contributed by atoms with van der Waals surface area (Å²) in [6.45, 7) is 0.735. The Balaban J connectivity index is 1.45. The normalized spacial score (nSPS) is 10.5. The number of para-hydroxylation sites is 1. The maximum absolute atomic E-state index is 12.2. The van der Waals surface area contributed by atoms with Gasteiger partial charge in [0, 0.05) is 19.3 Å². The Morgan fingerprint density at radius 3 is 2.68 bits per heavy atom. The molecule has 3 rings (SSSR count). The number of nitrogens with one attached hydrogen (secondary N) is 2. The van der Waals surface area contributed by atoms with Crippen molar-refractivity contribution in [2.24, 2.45) is 0 Å². The first kappa shape index (κ1) is 19.8. The summed E-state index contributed by atoms with van der Waals surface area (Å²) in [5, 5.41) is 13.2. The highest BCUT2D eigenvalue weighted by atomic mass is 127. The summed E-state index contributed by atoms with van der Waals surface area (Å²) in [7, 11) is 1.50. The van der Waals surface area contributed by atoms with Crippen molar-refractivity contribution in [2.45, 2.75) is 6.54 Å². The van der Waals surface area contributed by atoms with Crippen LogP contribution in [0.2, 0.25) is 0 Å². The molecule has 2 heterocycles. The van der Waals surface area contributed by atoms with Crippen LogP contribution in [-0.2, 0) is 6.54 Å². The van der Waals surface area contributed by atoms with Crippen molar-refractivity contribution < 1.29 is 18.8 Å². The predicted octanol–water partition coefficient (Wildman–Crippen LogP) is 1.09. The van der Waals surface area contributed by atoms with E-state index in [9.17, 15) is 9.59 Å². The highest BCUT2D eigenvalue weighted by Gasteiger charge is 2.16. The monoisotopic (exact) mass is 496 g/mol. The highest BCUT2D eigenvalue weighted by Crippen LogP contribution is 2.16. The molecule has 10 nitrogen and oxygen atoms in total. The summed E-state index contributed by atoms with van der Waals surface area (Å²) in [4.78, 5) is 28.3. The molecule has 0 atom stereocenters. The molecule has 2 aromatic heterocycles. The number of aromatic nitrogens is 4. The molecule has 0 spiro atoms. The van der Waals surface area contributed by atoms with Crippen LogP contribution in [0.3, 0.4) is 0 Å². The minimum absolute atomic E-state index is 0.145. The minimum Gasteiger partial charge on any atom is -0.496 e. The third-order valence-corrected chi connectivity index (χ3v) is 4.17. The molecule has 28 heavy (non-hydrogen) atoms. The third kappa shape index (κ3) is 5.06. The summed E-state index contributed by atoms with van der Waals surface area (Å²) in [5.41, 5.74) is 0.422. The van der Waals surface area contributed by atoms with E-state index < -0.39 is 5.91 Å². The summed E-state index contributed by atoms with van der Waals surface area (Å²) in [6.07, 6.45) is 3.52. The molecule has 0 fully saturated rings. The molecule has 1 aromatic carbocycles. The van der Waals surface area contributed by atoms with Gasteiger partial charge in [0.25, 0.3) is 5.91 Å². The Morgan fingerprint density at radius 2 is 1.96 bits per heavy atom. The van der Waals surface area contributed by atoms with E-state index in [1.165, 1.54) is 7.11 Å². The third-order valence-electron chi connectivity index (χ3n) is 3.62. The number of nitrogens with zero attached hydrogens (tertiary/aromatic N) is 4. The summed E-state index contributed by atoms with van der Waals surface area (Å²) in [6, 6.07) is 6.89. The molecule has 0 saturated heterocycles. The maximum Gasteiger partial charge on any atom is 0.316 e. The molecule has 0 radical (unpaired) electrons. The average Bonchev–Trinajstić information content (AvgIpc) is 3.34. The summed E-state index contributed by atoms with van der Waals surface area (Å²) in [5.74, 6) is -0.128. The van der Waals surface area contributed by atoms with Gasteiger partial charge in [-0.1, -0.05) is 17.3 Å². The number of benzene rings is 1. The van der Waals surface area contributed by atoms with Crippen molar-refractivity contribution >= 4 is 34.4 Å². The van der Waals surface area contributed by atoms with Crippen LogP contribution in [-0.4, -0.2) is 51.9 Å². The molecular formula is C17H17IN6O4. The minimum atomic E-state index is -0.514. The van der Waals surface area contributed by atoms with Gasteiger partial charge in [-0.3, -0.25) is 14.3 Å². The van der Waals surface area contributed by atoms with Crippen molar-refractivity contribution in [3.63, 3.8) is 0 Å². The van der Waals surface area contributed by atoms with Crippen molar-refractivity contribution in [1.82, 2.24) is 30.6 Å². The van der Waals surface area contributed by atoms with Crippen LogP contribution >= 0.6 is 22.6 Å². The van der Waals surface area contributed by atoms with E-state index in [1.807, 2.05) is 6.20 Å². The van der Waals surface area contributed by atoms with Crippen LogP contribution in [0, 0.1) is 3.57 Å². The Morgan fingerprint density at radius 1 is 1.21 bits per heavy atom. The lowest BCUT2D eigenvalue weighted by molar-refractivity contribution is 0.0897. The number of hydrogen-bond donors (Lipinski definition) is 2. The van der Waals surface area contributed by atoms with Gasteiger partial charge in [-0.2, -0.15) is 10.1 Å². The first-order valence-corrected chi connectivity index (χ1v) is 9.34. The fourth-order valence-corrected chi connectivity index (χ4v) is 2.78. The molecule has 0 saturated carbocycles. The molecule has 11 heteroatoms. The topological polar surface area (TPSA) is 124 Å². The number of carbonyl (C=O) groups excluding carboxylic acids is 2. The number of carbonyl (C=O) groups is 2. The molecule has 0 unspecified atom stereocenters. The zero-order valence-corrected chi connectivity index (χ0v) is 17.0. The van der Waals surface area contributed by atoms with Crippen LogP contribution in [0.1, 0.15) is 26.9 Å². The van der Waals surface area contributed by atoms with Gasteiger partial charge in [0.1, 0.15) is 12.3 Å². The molecule has 2 amide bonds. The van der Waals surface area contributed by atoms with E-state index in [-0.39, 0.29) is 24.9 Å². The molecule has 0 bridgehead atoms. The predicted molar refractivity (Wildman–Crippen MR) is 106 cm³/mol. The van der Waals surface area contributed by atoms with E-state index in [0.29, 0.717) is 23.7 Å².